The molecule has 0 unspecified atom stereocenters. The Balaban J connectivity index is 1.72. The van der Waals surface area contributed by atoms with Crippen LogP contribution in [0.15, 0.2) is 36.4 Å². The van der Waals surface area contributed by atoms with Gasteiger partial charge in [-0.05, 0) is 36.4 Å². The summed E-state index contributed by atoms with van der Waals surface area (Å²) in [5.74, 6) is -24.4. The molecule has 0 fully saturated rings. The minimum Gasteiger partial charge on any atom is -0.504 e. The summed E-state index contributed by atoms with van der Waals surface area (Å²) in [5, 5.41) is 143. The number of carboxylic acids is 1. The van der Waals surface area contributed by atoms with E-state index in [-0.39, 0.29) is 0 Å². The number of fused-ring (bicyclic) bond motifs is 3. The third-order valence-corrected chi connectivity index (χ3v) is 8.16. The molecule has 57 heavy (non-hydrogen) atoms. The van der Waals surface area contributed by atoms with Crippen LogP contribution in [-0.4, -0.2) is 132 Å². The first-order valence-electron chi connectivity index (χ1n) is 15.4. The van der Waals surface area contributed by atoms with E-state index >= 15 is 0 Å². The molecule has 0 amide bonds. The average molecular weight is 803 g/mol. The van der Waals surface area contributed by atoms with Crippen molar-refractivity contribution in [1.82, 2.24) is 0 Å². The number of benzene rings is 4. The number of hydrogen-bond donors (Lipinski definition) is 14. The van der Waals surface area contributed by atoms with E-state index in [0.717, 1.165) is 0 Å². The van der Waals surface area contributed by atoms with Crippen LogP contribution in [0, 0.1) is 0 Å². The lowest BCUT2D eigenvalue weighted by atomic mass is 9.92. The number of esters is 4. The molecule has 0 spiro atoms. The molecule has 23 heteroatoms. The number of hydrogen-bond acceptors (Lipinski definition) is 22. The molecular weight excluding hydrogens is 776 g/mol. The van der Waals surface area contributed by atoms with Crippen molar-refractivity contribution in [2.75, 3.05) is 6.61 Å². The zero-order valence-electron chi connectivity index (χ0n) is 27.9. The van der Waals surface area contributed by atoms with Gasteiger partial charge in [0.2, 0.25) is 17.6 Å². The van der Waals surface area contributed by atoms with E-state index in [1.807, 2.05) is 0 Å². The van der Waals surface area contributed by atoms with Gasteiger partial charge in [0.25, 0.3) is 0 Å². The molecular formula is C34H26O23. The summed E-state index contributed by atoms with van der Waals surface area (Å²) in [6, 6.07) is 2.70. The van der Waals surface area contributed by atoms with Crippen molar-refractivity contribution in [1.29, 1.82) is 0 Å². The fraction of sp³-hybridized carbons (Fsp3) is 0.147. The minimum atomic E-state index is -2.97. The summed E-state index contributed by atoms with van der Waals surface area (Å²) in [7, 11) is 0. The van der Waals surface area contributed by atoms with E-state index in [9.17, 15) is 95.5 Å². The molecule has 1 aliphatic rings. The first-order chi connectivity index (χ1) is 26.6. The van der Waals surface area contributed by atoms with Crippen LogP contribution in [0.3, 0.4) is 0 Å². The maximum Gasteiger partial charge on any atom is 0.349 e. The van der Waals surface area contributed by atoms with Gasteiger partial charge in [-0.25, -0.2) is 24.0 Å². The van der Waals surface area contributed by atoms with Gasteiger partial charge in [0.15, 0.2) is 69.7 Å². The van der Waals surface area contributed by atoms with Crippen LogP contribution in [-0.2, 0) is 23.7 Å². The Kier molecular flexibility index (Phi) is 10.5. The second kappa shape index (κ2) is 14.9. The highest BCUT2D eigenvalue weighted by Gasteiger charge is 2.48. The number of cyclic esters (lactones) is 2. The zero-order valence-corrected chi connectivity index (χ0v) is 27.9. The number of aliphatic hydroxyl groups excluding tert-OH is 1. The Morgan fingerprint density at radius 2 is 0.947 bits per heavy atom. The van der Waals surface area contributed by atoms with Crippen molar-refractivity contribution in [3.05, 3.63) is 58.7 Å². The Hall–Kier alpha value is -8.21. The number of rotatable bonds is 7. The van der Waals surface area contributed by atoms with Gasteiger partial charge in [0.05, 0.1) is 22.3 Å². The monoisotopic (exact) mass is 802 g/mol. The number of aliphatic carboxylic acids is 1. The Labute approximate surface area is 314 Å². The molecule has 0 aromatic heterocycles. The number of aromatic hydroxyl groups is 12. The van der Waals surface area contributed by atoms with Crippen LogP contribution in [0.1, 0.15) is 41.4 Å². The van der Waals surface area contributed by atoms with E-state index in [1.54, 1.807) is 0 Å². The molecule has 0 saturated heterocycles. The summed E-state index contributed by atoms with van der Waals surface area (Å²) in [5.41, 5.74) is -6.12. The number of phenols is 12. The molecule has 0 bridgehead atoms. The maximum atomic E-state index is 14.0. The molecule has 14 N–H and O–H groups in total. The van der Waals surface area contributed by atoms with Crippen molar-refractivity contribution < 1.29 is 114 Å². The molecule has 23 nitrogen and oxygen atoms in total. The first-order valence-corrected chi connectivity index (χ1v) is 15.4. The van der Waals surface area contributed by atoms with E-state index in [2.05, 4.69) is 0 Å². The lowest BCUT2D eigenvalue weighted by Gasteiger charge is -2.33. The van der Waals surface area contributed by atoms with Crippen LogP contribution in [0.25, 0.3) is 11.1 Å². The van der Waals surface area contributed by atoms with Crippen molar-refractivity contribution in [3.8, 4) is 80.1 Å². The van der Waals surface area contributed by atoms with Gasteiger partial charge in [-0.1, -0.05) is 0 Å². The van der Waals surface area contributed by atoms with Gasteiger partial charge in [-0.15, -0.1) is 0 Å². The molecule has 0 aliphatic carbocycles. The molecule has 4 atom stereocenters. The third-order valence-electron chi connectivity index (χ3n) is 8.16. The van der Waals surface area contributed by atoms with E-state index in [0.29, 0.717) is 36.4 Å². The minimum absolute atomic E-state index is 0.341. The van der Waals surface area contributed by atoms with Crippen LogP contribution in [0.4, 0.5) is 0 Å². The fourth-order valence-corrected chi connectivity index (χ4v) is 5.38. The van der Waals surface area contributed by atoms with Gasteiger partial charge in [-0.3, -0.25) is 0 Å². The maximum absolute atomic E-state index is 14.0. The highest BCUT2D eigenvalue weighted by atomic mass is 16.6. The highest BCUT2D eigenvalue weighted by Crippen LogP contribution is 2.53. The second-order valence-electron chi connectivity index (χ2n) is 11.8. The number of phenolic OH excluding ortho intramolecular Hbond substituents is 12. The van der Waals surface area contributed by atoms with Crippen LogP contribution >= 0.6 is 0 Å². The smallest absolute Gasteiger partial charge is 0.349 e. The van der Waals surface area contributed by atoms with Crippen LogP contribution in [0.5, 0.6) is 69.0 Å². The molecule has 1 aliphatic heterocycles. The molecule has 300 valence electrons. The third kappa shape index (κ3) is 7.35. The lowest BCUT2D eigenvalue weighted by molar-refractivity contribution is -0.166. The van der Waals surface area contributed by atoms with Crippen molar-refractivity contribution >= 4 is 29.8 Å². The number of carboxylic acid groups (broad SMARTS) is 1. The molecule has 4 aromatic rings. The predicted molar refractivity (Wildman–Crippen MR) is 176 cm³/mol. The van der Waals surface area contributed by atoms with Gasteiger partial charge in [0, 0.05) is 11.1 Å². The SMILES string of the molecule is O=C(O[C@@H]([C@@H]1OC(=O)c2cc(O)c(O)c(O)c2-c2c(cc(O)c(O)c2O)C(=O)OC[C@H]1O)[C@@H](OC(=O)c1cc(O)c(O)c(O)c1)C(=O)O)c1cc(O)c(O)c(O)c1. The number of carbonyl (C=O) groups excluding carboxylic acids is 4. The Morgan fingerprint density at radius 1 is 0.561 bits per heavy atom. The van der Waals surface area contributed by atoms with Crippen LogP contribution < -0.4 is 0 Å². The predicted octanol–water partition coefficient (Wildman–Crippen LogP) is 0.413. The number of aliphatic hydroxyl groups is 1. The van der Waals surface area contributed by atoms with Crippen LogP contribution in [0.2, 0.25) is 0 Å². The Bertz CT molecular complexity index is 2320. The Morgan fingerprint density at radius 3 is 1.37 bits per heavy atom. The normalized spacial score (nSPS) is 16.4. The number of carbonyl (C=O) groups is 5. The number of ether oxygens (including phenoxy) is 4. The van der Waals surface area contributed by atoms with Crippen molar-refractivity contribution in [2.24, 2.45) is 0 Å². The largest absolute Gasteiger partial charge is 0.504 e. The summed E-state index contributed by atoms with van der Waals surface area (Å²) in [6.45, 7) is -1.41. The molecule has 4 aromatic carbocycles. The van der Waals surface area contributed by atoms with E-state index in [4.69, 9.17) is 18.9 Å². The first kappa shape index (κ1) is 40.0. The summed E-state index contributed by atoms with van der Waals surface area (Å²) < 4.78 is 20.5. The van der Waals surface area contributed by atoms with Gasteiger partial charge in [0.1, 0.15) is 12.7 Å². The van der Waals surface area contributed by atoms with Crippen molar-refractivity contribution in [2.45, 2.75) is 24.4 Å². The van der Waals surface area contributed by atoms with Gasteiger partial charge in [-0.2, -0.15) is 0 Å². The fourth-order valence-electron chi connectivity index (χ4n) is 5.38. The van der Waals surface area contributed by atoms with Crippen molar-refractivity contribution in [3.63, 3.8) is 0 Å². The standard InChI is InChI=1S/C34H26O23/c35-12-1-8(2-13(36)21(12)42)31(50)56-28(29(30(48)49)57-32(51)9-3-14(37)22(43)15(38)4-9)27-18(41)7-54-33(52)10-5-16(39)23(44)25(46)19(10)20-11(34(53)55-27)6-17(40)24(45)26(20)47/h1-6,18,27-29,35-47H,7H2,(H,48,49)/t18-,27-,28+,29-/m1/s1. The highest BCUT2D eigenvalue weighted by molar-refractivity contribution is 6.08. The summed E-state index contributed by atoms with van der Waals surface area (Å²) >= 11 is 0. The topological polar surface area (TPSA) is 405 Å². The summed E-state index contributed by atoms with van der Waals surface area (Å²) in [4.78, 5) is 66.7. The molecule has 1 heterocycles. The average Bonchev–Trinajstić information content (AvgIpc) is 3.16. The quantitative estimate of drug-likeness (QED) is 0.0683. The molecule has 0 saturated carbocycles. The van der Waals surface area contributed by atoms with E-state index < -0.39 is 163 Å². The molecule has 5 rings (SSSR count). The second-order valence-corrected chi connectivity index (χ2v) is 11.8. The summed E-state index contributed by atoms with van der Waals surface area (Å²) in [6.07, 6.45) is -11.2. The van der Waals surface area contributed by atoms with E-state index in [1.165, 1.54) is 0 Å². The van der Waals surface area contributed by atoms with Gasteiger partial charge < -0.3 is 90.4 Å². The van der Waals surface area contributed by atoms with Gasteiger partial charge >= 0.3 is 29.8 Å². The molecule has 0 radical (unpaired) electrons. The lowest BCUT2D eigenvalue weighted by Crippen LogP contribution is -2.54. The zero-order chi connectivity index (χ0) is 42.4.